The Labute approximate surface area is 148 Å². The van der Waals surface area contributed by atoms with Crippen molar-refractivity contribution in [1.82, 2.24) is 0 Å². The van der Waals surface area contributed by atoms with E-state index in [1.165, 1.54) is 0 Å². The molecule has 0 bridgehead atoms. The van der Waals surface area contributed by atoms with Gasteiger partial charge in [-0.3, -0.25) is 0 Å². The van der Waals surface area contributed by atoms with Crippen LogP contribution < -0.4 is 4.74 Å². The lowest BCUT2D eigenvalue weighted by Crippen LogP contribution is -2.30. The minimum atomic E-state index is -0.988. The summed E-state index contributed by atoms with van der Waals surface area (Å²) in [7, 11) is 0. The quantitative estimate of drug-likeness (QED) is 0.826. The Hall–Kier alpha value is -2.00. The highest BCUT2D eigenvalue weighted by atomic mass is 35.5. The van der Waals surface area contributed by atoms with E-state index in [0.29, 0.717) is 10.8 Å². The molecule has 0 saturated heterocycles. The van der Waals surface area contributed by atoms with Crippen LogP contribution in [0.4, 0.5) is 0 Å². The number of ether oxygens (including phenoxy) is 1. The number of halogens is 1. The maximum atomic E-state index is 11.7. The predicted molar refractivity (Wildman–Crippen MR) is 97.1 cm³/mol. The molecule has 0 aliphatic carbocycles. The zero-order valence-corrected chi connectivity index (χ0v) is 15.2. The van der Waals surface area contributed by atoms with Gasteiger partial charge in [-0.1, -0.05) is 62.7 Å². The summed E-state index contributed by atoms with van der Waals surface area (Å²) in [5.41, 5.74) is 2.62. The van der Waals surface area contributed by atoms with Crippen molar-refractivity contribution in [2.24, 2.45) is 0 Å². The molecule has 0 radical (unpaired) electrons. The van der Waals surface area contributed by atoms with Crippen LogP contribution in [0.5, 0.6) is 5.75 Å². The van der Waals surface area contributed by atoms with Crippen LogP contribution in [0.25, 0.3) is 0 Å². The van der Waals surface area contributed by atoms with Gasteiger partial charge in [-0.25, -0.2) is 4.79 Å². The Morgan fingerprint density at radius 3 is 2.46 bits per heavy atom. The van der Waals surface area contributed by atoms with E-state index < -0.39 is 12.1 Å². The number of carboxylic acid groups (broad SMARTS) is 1. The average molecular weight is 347 g/mol. The SMILES string of the molecule is Cc1c(Cl)cccc1CC(Oc1ccccc1C(C)(C)C)C(=O)O. The molecule has 128 valence electrons. The second-order valence-electron chi connectivity index (χ2n) is 6.92. The monoisotopic (exact) mass is 346 g/mol. The van der Waals surface area contributed by atoms with E-state index >= 15 is 0 Å². The maximum Gasteiger partial charge on any atom is 0.345 e. The first-order valence-electron chi connectivity index (χ1n) is 7.93. The molecule has 2 aromatic carbocycles. The Morgan fingerprint density at radius 1 is 1.17 bits per heavy atom. The van der Waals surface area contributed by atoms with E-state index in [9.17, 15) is 9.90 Å². The lowest BCUT2D eigenvalue weighted by molar-refractivity contribution is -0.145. The molecule has 0 heterocycles. The summed E-state index contributed by atoms with van der Waals surface area (Å²) < 4.78 is 5.89. The third kappa shape index (κ3) is 4.30. The zero-order chi connectivity index (χ0) is 17.9. The lowest BCUT2D eigenvalue weighted by atomic mass is 9.86. The molecule has 24 heavy (non-hydrogen) atoms. The number of para-hydroxylation sites is 1. The van der Waals surface area contributed by atoms with Crippen LogP contribution in [0.3, 0.4) is 0 Å². The summed E-state index contributed by atoms with van der Waals surface area (Å²) in [5, 5.41) is 10.2. The highest BCUT2D eigenvalue weighted by molar-refractivity contribution is 6.31. The van der Waals surface area contributed by atoms with Crippen LogP contribution in [-0.2, 0) is 16.6 Å². The molecular formula is C20H23ClO3. The Balaban J connectivity index is 2.31. The molecule has 1 unspecified atom stereocenters. The molecule has 3 nitrogen and oxygen atoms in total. The number of hydrogen-bond donors (Lipinski definition) is 1. The molecule has 0 spiro atoms. The van der Waals surface area contributed by atoms with Crippen molar-refractivity contribution in [2.75, 3.05) is 0 Å². The van der Waals surface area contributed by atoms with Crippen molar-refractivity contribution in [3.8, 4) is 5.75 Å². The van der Waals surface area contributed by atoms with E-state index in [-0.39, 0.29) is 11.8 Å². The molecule has 2 aromatic rings. The summed E-state index contributed by atoms with van der Waals surface area (Å²) in [6, 6.07) is 13.1. The van der Waals surface area contributed by atoms with Gasteiger partial charge in [-0.2, -0.15) is 0 Å². The third-order valence-corrected chi connectivity index (χ3v) is 4.43. The number of rotatable bonds is 5. The molecule has 0 aromatic heterocycles. The van der Waals surface area contributed by atoms with Gasteiger partial charge in [0.1, 0.15) is 5.75 Å². The number of carboxylic acids is 1. The fourth-order valence-electron chi connectivity index (χ4n) is 2.59. The van der Waals surface area contributed by atoms with E-state index in [2.05, 4.69) is 20.8 Å². The molecule has 2 rings (SSSR count). The fourth-order valence-corrected chi connectivity index (χ4v) is 2.79. The van der Waals surface area contributed by atoms with Gasteiger partial charge < -0.3 is 9.84 Å². The average Bonchev–Trinajstić information content (AvgIpc) is 2.50. The summed E-state index contributed by atoms with van der Waals surface area (Å²) in [6.07, 6.45) is -0.703. The van der Waals surface area contributed by atoms with Gasteiger partial charge in [0, 0.05) is 11.4 Å². The van der Waals surface area contributed by atoms with Gasteiger partial charge in [0.15, 0.2) is 6.10 Å². The lowest BCUT2D eigenvalue weighted by Gasteiger charge is -2.25. The third-order valence-electron chi connectivity index (χ3n) is 4.02. The molecule has 0 fully saturated rings. The zero-order valence-electron chi connectivity index (χ0n) is 14.5. The van der Waals surface area contributed by atoms with Gasteiger partial charge >= 0.3 is 5.97 Å². The second kappa shape index (κ2) is 7.27. The smallest absolute Gasteiger partial charge is 0.345 e. The first-order valence-corrected chi connectivity index (χ1v) is 8.31. The predicted octanol–water partition coefficient (Wildman–Crippen LogP) is 5.02. The van der Waals surface area contributed by atoms with Crippen LogP contribution in [0, 0.1) is 6.92 Å². The Kier molecular flexibility index (Phi) is 5.55. The van der Waals surface area contributed by atoms with Crippen LogP contribution in [0.2, 0.25) is 5.02 Å². The highest BCUT2D eigenvalue weighted by Crippen LogP contribution is 2.32. The van der Waals surface area contributed by atoms with Crippen molar-refractivity contribution in [3.05, 3.63) is 64.2 Å². The molecular weight excluding hydrogens is 324 g/mol. The van der Waals surface area contributed by atoms with Crippen LogP contribution in [0.15, 0.2) is 42.5 Å². The molecule has 0 saturated carbocycles. The van der Waals surface area contributed by atoms with Crippen LogP contribution >= 0.6 is 11.6 Å². The van der Waals surface area contributed by atoms with Crippen molar-refractivity contribution >= 4 is 17.6 Å². The number of hydrogen-bond acceptors (Lipinski definition) is 2. The molecule has 0 aliphatic heterocycles. The highest BCUT2D eigenvalue weighted by Gasteiger charge is 2.25. The first kappa shape index (κ1) is 18.3. The maximum absolute atomic E-state index is 11.7. The van der Waals surface area contributed by atoms with E-state index in [1.54, 1.807) is 6.07 Å². The van der Waals surface area contributed by atoms with Crippen molar-refractivity contribution in [1.29, 1.82) is 0 Å². The largest absolute Gasteiger partial charge is 0.478 e. The minimum absolute atomic E-state index is 0.133. The molecule has 4 heteroatoms. The van der Waals surface area contributed by atoms with E-state index in [4.69, 9.17) is 16.3 Å². The molecule has 0 amide bonds. The van der Waals surface area contributed by atoms with Gasteiger partial charge in [-0.15, -0.1) is 0 Å². The summed E-state index contributed by atoms with van der Waals surface area (Å²) in [6.45, 7) is 8.12. The first-order chi connectivity index (χ1) is 11.2. The second-order valence-corrected chi connectivity index (χ2v) is 7.33. The standard InChI is InChI=1S/C20H23ClO3/c1-13-14(8-7-10-16(13)21)12-18(19(22)23)24-17-11-6-5-9-15(17)20(2,3)4/h5-11,18H,12H2,1-4H3,(H,22,23). The minimum Gasteiger partial charge on any atom is -0.478 e. The number of aliphatic carboxylic acids is 1. The van der Waals surface area contributed by atoms with Crippen LogP contribution in [-0.4, -0.2) is 17.2 Å². The molecule has 1 atom stereocenters. The number of carbonyl (C=O) groups is 1. The summed E-state index contributed by atoms with van der Waals surface area (Å²) in [4.78, 5) is 11.7. The Morgan fingerprint density at radius 2 is 1.83 bits per heavy atom. The Bertz CT molecular complexity index is 732. The summed E-state index contributed by atoms with van der Waals surface area (Å²) >= 11 is 6.13. The van der Waals surface area contributed by atoms with Crippen molar-refractivity contribution < 1.29 is 14.6 Å². The normalized spacial score (nSPS) is 12.7. The topological polar surface area (TPSA) is 46.5 Å². The van der Waals surface area contributed by atoms with Crippen LogP contribution in [0.1, 0.15) is 37.5 Å². The van der Waals surface area contributed by atoms with E-state index in [1.807, 2.05) is 43.3 Å². The van der Waals surface area contributed by atoms with Gasteiger partial charge in [0.25, 0.3) is 0 Å². The number of benzene rings is 2. The van der Waals surface area contributed by atoms with Crippen molar-refractivity contribution in [2.45, 2.75) is 45.6 Å². The van der Waals surface area contributed by atoms with Gasteiger partial charge in [0.05, 0.1) is 0 Å². The van der Waals surface area contributed by atoms with E-state index in [0.717, 1.165) is 16.7 Å². The fraction of sp³-hybridized carbons (Fsp3) is 0.350. The summed E-state index contributed by atoms with van der Waals surface area (Å²) in [5.74, 6) is -0.379. The van der Waals surface area contributed by atoms with Gasteiger partial charge in [-0.05, 0) is 41.2 Å². The van der Waals surface area contributed by atoms with Crippen molar-refractivity contribution in [3.63, 3.8) is 0 Å². The molecule has 0 aliphatic rings. The molecule has 1 N–H and O–H groups in total. The van der Waals surface area contributed by atoms with Gasteiger partial charge in [0.2, 0.25) is 0 Å².